The molecule has 1 atom stereocenters. The van der Waals surface area contributed by atoms with E-state index < -0.39 is 11.6 Å². The van der Waals surface area contributed by atoms with E-state index in [1.165, 1.54) is 0 Å². The van der Waals surface area contributed by atoms with Crippen LogP contribution in [0.4, 0.5) is 0 Å². The number of hydrogen-bond donors (Lipinski definition) is 4. The van der Waals surface area contributed by atoms with Gasteiger partial charge in [-0.15, -0.1) is 0 Å². The number of aliphatic hydroxyl groups is 4. The van der Waals surface area contributed by atoms with Crippen molar-refractivity contribution < 1.29 is 54.2 Å². The Balaban J connectivity index is -0.00000144. The Bertz CT molecular complexity index is 248. The number of nitrogens with zero attached hydrogens (tertiary/aromatic N) is 2. The predicted molar refractivity (Wildman–Crippen MR) is 69.9 cm³/mol. The van der Waals surface area contributed by atoms with Crippen LogP contribution in [0.3, 0.4) is 0 Å². The minimum Gasteiger partial charge on any atom is -1.00 e. The topological polar surface area (TPSA) is 80.9 Å². The van der Waals surface area contributed by atoms with Gasteiger partial charge < -0.3 is 54.2 Å². The molecule has 0 amide bonds. The number of aliphatic hydroxyl groups excluding tert-OH is 4. The lowest BCUT2D eigenvalue weighted by Gasteiger charge is -2.46. The highest BCUT2D eigenvalue weighted by molar-refractivity contribution is 4.79. The molecule has 20 heavy (non-hydrogen) atoms. The molecule has 0 aliphatic carbocycles. The van der Waals surface area contributed by atoms with Gasteiger partial charge >= 0.3 is 0 Å². The maximum atomic E-state index is 10.1. The van der Waals surface area contributed by atoms with Gasteiger partial charge in [0, 0.05) is 0 Å². The fraction of sp³-hybridized carbons (Fsp3) is 1.00. The monoisotopic (exact) mass is 336 g/mol. The molecule has 8 heteroatoms. The third kappa shape index (κ3) is 6.87. The summed E-state index contributed by atoms with van der Waals surface area (Å²) >= 11 is 0. The summed E-state index contributed by atoms with van der Waals surface area (Å²) in [4.78, 5) is 0. The Morgan fingerprint density at radius 2 is 1.15 bits per heavy atom. The van der Waals surface area contributed by atoms with Gasteiger partial charge in [-0.3, -0.25) is 0 Å². The highest BCUT2D eigenvalue weighted by Gasteiger charge is 2.46. The van der Waals surface area contributed by atoms with Crippen molar-refractivity contribution in [2.45, 2.75) is 11.6 Å². The van der Waals surface area contributed by atoms with Crippen molar-refractivity contribution in [3.63, 3.8) is 0 Å². The summed E-state index contributed by atoms with van der Waals surface area (Å²) in [5, 5.41) is 38.4. The molecule has 6 nitrogen and oxygen atoms in total. The average molecular weight is 337 g/mol. The van der Waals surface area contributed by atoms with Crippen molar-refractivity contribution in [3.05, 3.63) is 0 Å². The van der Waals surface area contributed by atoms with E-state index in [2.05, 4.69) is 0 Å². The molecule has 0 aromatic rings. The van der Waals surface area contributed by atoms with Gasteiger partial charge in [0.05, 0.1) is 35.2 Å². The summed E-state index contributed by atoms with van der Waals surface area (Å²) in [7, 11) is 9.55. The lowest BCUT2D eigenvalue weighted by Crippen LogP contribution is -3.00. The number of likely N-dealkylation sites (N-methyl/N-ethyl adjacent to an activating group) is 2. The molecule has 0 fully saturated rings. The highest BCUT2D eigenvalue weighted by atomic mass is 35.5. The molecule has 0 spiro atoms. The molecule has 0 aromatic heterocycles. The zero-order valence-corrected chi connectivity index (χ0v) is 14.6. The first kappa shape index (κ1) is 25.3. The van der Waals surface area contributed by atoms with Crippen molar-refractivity contribution in [2.75, 3.05) is 68.1 Å². The third-order valence-electron chi connectivity index (χ3n) is 3.59. The number of halogens is 2. The third-order valence-corrected chi connectivity index (χ3v) is 3.59. The molecule has 0 aromatic carbocycles. The van der Waals surface area contributed by atoms with E-state index in [4.69, 9.17) is 0 Å². The molecule has 0 saturated carbocycles. The zero-order chi connectivity index (χ0) is 14.6. The van der Waals surface area contributed by atoms with Crippen molar-refractivity contribution >= 4 is 0 Å². The van der Waals surface area contributed by atoms with Gasteiger partial charge in [0.2, 0.25) is 0 Å². The average Bonchev–Trinajstić information content (AvgIpc) is 2.16. The Labute approximate surface area is 134 Å². The Morgan fingerprint density at radius 1 is 0.800 bits per heavy atom. The molecule has 0 aliphatic heterocycles. The Morgan fingerprint density at radius 3 is 1.40 bits per heavy atom. The van der Waals surface area contributed by atoms with E-state index >= 15 is 0 Å². The van der Waals surface area contributed by atoms with Gasteiger partial charge in [-0.2, -0.15) is 0 Å². The van der Waals surface area contributed by atoms with Gasteiger partial charge in [-0.25, -0.2) is 0 Å². The second-order valence-electron chi connectivity index (χ2n) is 6.69. The highest BCUT2D eigenvalue weighted by Crippen LogP contribution is 2.21. The smallest absolute Gasteiger partial charge is 0.169 e. The number of rotatable bonds is 8. The molecule has 1 unspecified atom stereocenters. The van der Waals surface area contributed by atoms with Gasteiger partial charge in [0.15, 0.2) is 11.6 Å². The van der Waals surface area contributed by atoms with Gasteiger partial charge in [0.25, 0.3) is 0 Å². The van der Waals surface area contributed by atoms with Crippen LogP contribution in [0.1, 0.15) is 0 Å². The van der Waals surface area contributed by atoms with E-state index in [1.54, 1.807) is 14.1 Å². The van der Waals surface area contributed by atoms with E-state index in [9.17, 15) is 20.4 Å². The standard InChI is InChI=1S/C12H30N2O4.2ClH/c1-13(2,3)6-11(18)7-14(4,5)12(8-15,9-16)10-17;;/h11,15-18H,6-10H2,1-5H3;2*1H/q+2;;/p-2. The fourth-order valence-electron chi connectivity index (χ4n) is 2.13. The molecule has 0 bridgehead atoms. The Hall–Kier alpha value is 0.340. The van der Waals surface area contributed by atoms with E-state index in [1.807, 2.05) is 21.1 Å². The summed E-state index contributed by atoms with van der Waals surface area (Å²) in [5.41, 5.74) is -1.04. The summed E-state index contributed by atoms with van der Waals surface area (Å²) in [5.74, 6) is 0. The SMILES string of the molecule is C[N+](C)(C)CC(O)C[N+](C)(C)C(CO)(CO)CO.[Cl-].[Cl-]. The lowest BCUT2D eigenvalue weighted by atomic mass is 9.97. The van der Waals surface area contributed by atoms with Crippen LogP contribution < -0.4 is 24.8 Å². The quantitative estimate of drug-likeness (QED) is 0.332. The van der Waals surface area contributed by atoms with Crippen LogP contribution in [0, 0.1) is 0 Å². The van der Waals surface area contributed by atoms with Crippen LogP contribution in [0.5, 0.6) is 0 Å². The molecule has 126 valence electrons. The summed E-state index contributed by atoms with van der Waals surface area (Å²) in [6, 6.07) is 0. The van der Waals surface area contributed by atoms with E-state index in [-0.39, 0.29) is 49.1 Å². The largest absolute Gasteiger partial charge is 1.00 e. The maximum Gasteiger partial charge on any atom is 0.169 e. The van der Waals surface area contributed by atoms with Crippen molar-refractivity contribution in [3.8, 4) is 0 Å². The van der Waals surface area contributed by atoms with Crippen LogP contribution in [-0.4, -0.2) is 109 Å². The van der Waals surface area contributed by atoms with Gasteiger partial charge in [-0.05, 0) is 0 Å². The van der Waals surface area contributed by atoms with Crippen LogP contribution in [-0.2, 0) is 0 Å². The molecular weight excluding hydrogens is 307 g/mol. The normalized spacial score (nSPS) is 14.2. The molecule has 4 N–H and O–H groups in total. The first-order chi connectivity index (χ1) is 8.03. The minimum atomic E-state index is -1.04. The van der Waals surface area contributed by atoms with Crippen molar-refractivity contribution in [1.82, 2.24) is 0 Å². The maximum absolute atomic E-state index is 10.1. The van der Waals surface area contributed by atoms with E-state index in [0.29, 0.717) is 17.6 Å². The van der Waals surface area contributed by atoms with Crippen LogP contribution in [0.2, 0.25) is 0 Å². The van der Waals surface area contributed by atoms with Gasteiger partial charge in [-0.1, -0.05) is 0 Å². The first-order valence-corrected chi connectivity index (χ1v) is 6.18. The summed E-state index contributed by atoms with van der Waals surface area (Å²) in [6.07, 6.45) is -0.566. The first-order valence-electron chi connectivity index (χ1n) is 6.18. The van der Waals surface area contributed by atoms with E-state index in [0.717, 1.165) is 0 Å². The summed E-state index contributed by atoms with van der Waals surface area (Å²) in [6.45, 7) is -0.0600. The van der Waals surface area contributed by atoms with Gasteiger partial charge in [0.1, 0.15) is 32.9 Å². The molecule has 0 rings (SSSR count). The molecule has 0 heterocycles. The predicted octanol–water partition coefficient (Wildman–Crippen LogP) is -8.15. The summed E-state index contributed by atoms with van der Waals surface area (Å²) < 4.78 is 0.795. The van der Waals surface area contributed by atoms with Crippen LogP contribution >= 0.6 is 0 Å². The second kappa shape index (κ2) is 9.38. The molecule has 0 radical (unpaired) electrons. The number of hydrogen-bond acceptors (Lipinski definition) is 4. The Kier molecular flexibility index (Phi) is 11.9. The molecular formula is C12H30Cl2N2O4. The van der Waals surface area contributed by atoms with Crippen molar-refractivity contribution in [2.24, 2.45) is 0 Å². The zero-order valence-electron chi connectivity index (χ0n) is 13.1. The van der Waals surface area contributed by atoms with Crippen LogP contribution in [0.25, 0.3) is 0 Å². The minimum absolute atomic E-state index is 0. The fourth-order valence-corrected chi connectivity index (χ4v) is 2.13. The molecule has 0 saturated heterocycles. The molecule has 0 aliphatic rings. The second-order valence-corrected chi connectivity index (χ2v) is 6.69. The van der Waals surface area contributed by atoms with Crippen LogP contribution in [0.15, 0.2) is 0 Å². The lowest BCUT2D eigenvalue weighted by molar-refractivity contribution is -0.951. The van der Waals surface area contributed by atoms with Crippen molar-refractivity contribution in [1.29, 1.82) is 0 Å². The number of quaternary nitrogens is 2.